The van der Waals surface area contributed by atoms with Gasteiger partial charge < -0.3 is 19.4 Å². The summed E-state index contributed by atoms with van der Waals surface area (Å²) in [6, 6.07) is 9.43. The van der Waals surface area contributed by atoms with Crippen molar-refractivity contribution in [2.24, 2.45) is 7.05 Å². The van der Waals surface area contributed by atoms with Gasteiger partial charge in [-0.2, -0.15) is 0 Å². The number of hydrogen-bond donors (Lipinski definition) is 1. The lowest BCUT2D eigenvalue weighted by atomic mass is 10.1. The number of carbonyl (C=O) groups excluding carboxylic acids is 1. The van der Waals surface area contributed by atoms with Crippen molar-refractivity contribution < 1.29 is 14.3 Å². The van der Waals surface area contributed by atoms with Crippen molar-refractivity contribution in [3.05, 3.63) is 54.1 Å². The Labute approximate surface area is 130 Å². The number of aryl methyl sites for hydroxylation is 1. The second-order valence-corrected chi connectivity index (χ2v) is 4.85. The lowest BCUT2D eigenvalue weighted by Gasteiger charge is -2.19. The molecule has 0 unspecified atom stereocenters. The molecular formula is C16H21N3O3. The molecule has 0 saturated carbocycles. The van der Waals surface area contributed by atoms with Crippen molar-refractivity contribution >= 4 is 5.91 Å². The van der Waals surface area contributed by atoms with E-state index in [2.05, 4.69) is 10.3 Å². The average molecular weight is 303 g/mol. The largest absolute Gasteiger partial charge is 0.382 e. The highest BCUT2D eigenvalue weighted by molar-refractivity contribution is 5.78. The summed E-state index contributed by atoms with van der Waals surface area (Å²) >= 11 is 0. The standard InChI is InChI=1S/C16H21N3O3/c1-19-9-8-17-16(19)15(13-6-4-3-5-7-13)18-14(20)12-22-11-10-21-2/h3-9,15H,10-12H2,1-2H3,(H,18,20)/t15-/m0/s1. The maximum absolute atomic E-state index is 12.1. The number of methoxy groups -OCH3 is 1. The van der Waals surface area contributed by atoms with Gasteiger partial charge in [-0.15, -0.1) is 0 Å². The molecule has 1 atom stereocenters. The zero-order chi connectivity index (χ0) is 15.8. The fraction of sp³-hybridized carbons (Fsp3) is 0.375. The van der Waals surface area contributed by atoms with Crippen LogP contribution in [-0.2, 0) is 21.3 Å². The van der Waals surface area contributed by atoms with E-state index in [1.54, 1.807) is 13.3 Å². The molecule has 6 heteroatoms. The number of aromatic nitrogens is 2. The predicted octanol–water partition coefficient (Wildman–Crippen LogP) is 1.29. The topological polar surface area (TPSA) is 65.4 Å². The molecule has 1 N–H and O–H groups in total. The van der Waals surface area contributed by atoms with E-state index in [0.717, 1.165) is 11.4 Å². The Kier molecular flexibility index (Phi) is 6.12. The van der Waals surface area contributed by atoms with Gasteiger partial charge in [0, 0.05) is 26.6 Å². The first-order chi connectivity index (χ1) is 10.7. The molecule has 1 amide bonds. The number of rotatable bonds is 8. The van der Waals surface area contributed by atoms with Crippen LogP contribution in [0.25, 0.3) is 0 Å². The van der Waals surface area contributed by atoms with E-state index in [4.69, 9.17) is 9.47 Å². The summed E-state index contributed by atoms with van der Waals surface area (Å²) in [5, 5.41) is 2.97. The highest BCUT2D eigenvalue weighted by atomic mass is 16.5. The van der Waals surface area contributed by atoms with E-state index in [0.29, 0.717) is 13.2 Å². The first-order valence-electron chi connectivity index (χ1n) is 7.10. The molecule has 1 aromatic carbocycles. The van der Waals surface area contributed by atoms with E-state index in [-0.39, 0.29) is 18.6 Å². The second kappa shape index (κ2) is 8.31. The maximum atomic E-state index is 12.1. The Hall–Kier alpha value is -2.18. The number of imidazole rings is 1. The van der Waals surface area contributed by atoms with Crippen LogP contribution < -0.4 is 5.32 Å². The van der Waals surface area contributed by atoms with Gasteiger partial charge in [-0.25, -0.2) is 4.98 Å². The number of hydrogen-bond acceptors (Lipinski definition) is 4. The molecule has 0 fully saturated rings. The number of ether oxygens (including phenoxy) is 2. The Morgan fingerprint density at radius 1 is 1.32 bits per heavy atom. The number of nitrogens with one attached hydrogen (secondary N) is 1. The summed E-state index contributed by atoms with van der Waals surface area (Å²) in [7, 11) is 3.50. The Bertz CT molecular complexity index is 583. The molecule has 0 saturated heterocycles. The number of nitrogens with zero attached hydrogens (tertiary/aromatic N) is 2. The highest BCUT2D eigenvalue weighted by Crippen LogP contribution is 2.19. The molecule has 1 heterocycles. The molecule has 22 heavy (non-hydrogen) atoms. The minimum Gasteiger partial charge on any atom is -0.382 e. The van der Waals surface area contributed by atoms with Crippen LogP contribution in [0.3, 0.4) is 0 Å². The van der Waals surface area contributed by atoms with Crippen LogP contribution in [0.1, 0.15) is 17.4 Å². The summed E-state index contributed by atoms with van der Waals surface area (Å²) in [5.41, 5.74) is 0.974. The average Bonchev–Trinajstić information content (AvgIpc) is 2.96. The van der Waals surface area contributed by atoms with Gasteiger partial charge in [0.1, 0.15) is 18.5 Å². The summed E-state index contributed by atoms with van der Waals surface area (Å²) < 4.78 is 12.0. The third kappa shape index (κ3) is 4.41. The third-order valence-corrected chi connectivity index (χ3v) is 3.22. The zero-order valence-corrected chi connectivity index (χ0v) is 12.9. The molecule has 2 rings (SSSR count). The molecule has 0 spiro atoms. The third-order valence-electron chi connectivity index (χ3n) is 3.22. The van der Waals surface area contributed by atoms with Gasteiger partial charge in [0.15, 0.2) is 0 Å². The molecule has 2 aromatic rings. The van der Waals surface area contributed by atoms with Crippen LogP contribution in [-0.4, -0.2) is 42.4 Å². The van der Waals surface area contributed by atoms with E-state index in [1.165, 1.54) is 0 Å². The van der Waals surface area contributed by atoms with E-state index < -0.39 is 0 Å². The van der Waals surface area contributed by atoms with E-state index in [1.807, 2.05) is 48.1 Å². The summed E-state index contributed by atoms with van der Waals surface area (Å²) in [5.74, 6) is 0.587. The monoisotopic (exact) mass is 303 g/mol. The number of amides is 1. The van der Waals surface area contributed by atoms with E-state index in [9.17, 15) is 4.79 Å². The summed E-state index contributed by atoms with van der Waals surface area (Å²) in [6.45, 7) is 0.855. The quantitative estimate of drug-likeness (QED) is 0.746. The fourth-order valence-corrected chi connectivity index (χ4v) is 2.11. The zero-order valence-electron chi connectivity index (χ0n) is 12.9. The SMILES string of the molecule is COCCOCC(=O)N[C@@H](c1ccccc1)c1nccn1C. The molecule has 6 nitrogen and oxygen atoms in total. The van der Waals surface area contributed by atoms with Gasteiger partial charge in [-0.05, 0) is 5.56 Å². The number of benzene rings is 1. The molecule has 1 aromatic heterocycles. The molecular weight excluding hydrogens is 282 g/mol. The Morgan fingerprint density at radius 3 is 2.73 bits per heavy atom. The van der Waals surface area contributed by atoms with Gasteiger partial charge in [-0.3, -0.25) is 4.79 Å². The molecule has 0 aliphatic rings. The van der Waals surface area contributed by atoms with Crippen molar-refractivity contribution in [2.45, 2.75) is 6.04 Å². The lowest BCUT2D eigenvalue weighted by molar-refractivity contribution is -0.126. The number of carbonyl (C=O) groups is 1. The highest BCUT2D eigenvalue weighted by Gasteiger charge is 2.20. The minimum atomic E-state index is -0.306. The van der Waals surface area contributed by atoms with Crippen molar-refractivity contribution in [1.82, 2.24) is 14.9 Å². The molecule has 118 valence electrons. The summed E-state index contributed by atoms with van der Waals surface area (Å²) in [4.78, 5) is 16.4. The smallest absolute Gasteiger partial charge is 0.246 e. The van der Waals surface area contributed by atoms with Gasteiger partial charge >= 0.3 is 0 Å². The van der Waals surface area contributed by atoms with Gasteiger partial charge in [0.2, 0.25) is 5.91 Å². The van der Waals surface area contributed by atoms with Gasteiger partial charge in [0.05, 0.1) is 13.2 Å². The van der Waals surface area contributed by atoms with Gasteiger partial charge in [-0.1, -0.05) is 30.3 Å². The van der Waals surface area contributed by atoms with Crippen molar-refractivity contribution in [3.8, 4) is 0 Å². The van der Waals surface area contributed by atoms with Crippen molar-refractivity contribution in [2.75, 3.05) is 26.9 Å². The first-order valence-corrected chi connectivity index (χ1v) is 7.10. The lowest BCUT2D eigenvalue weighted by Crippen LogP contribution is -2.34. The second-order valence-electron chi connectivity index (χ2n) is 4.85. The molecule has 0 radical (unpaired) electrons. The molecule has 0 bridgehead atoms. The van der Waals surface area contributed by atoms with Crippen LogP contribution in [0.2, 0.25) is 0 Å². The van der Waals surface area contributed by atoms with Crippen molar-refractivity contribution in [3.63, 3.8) is 0 Å². The maximum Gasteiger partial charge on any atom is 0.246 e. The van der Waals surface area contributed by atoms with Crippen LogP contribution >= 0.6 is 0 Å². The molecule has 0 aliphatic carbocycles. The summed E-state index contributed by atoms with van der Waals surface area (Å²) in [6.07, 6.45) is 3.57. The predicted molar refractivity (Wildman–Crippen MR) is 82.3 cm³/mol. The van der Waals surface area contributed by atoms with Gasteiger partial charge in [0.25, 0.3) is 0 Å². The Morgan fingerprint density at radius 2 is 2.09 bits per heavy atom. The Balaban J connectivity index is 2.06. The first kappa shape index (κ1) is 16.2. The minimum absolute atomic E-state index is 0.00286. The van der Waals surface area contributed by atoms with Crippen LogP contribution in [0, 0.1) is 0 Å². The van der Waals surface area contributed by atoms with E-state index >= 15 is 0 Å². The van der Waals surface area contributed by atoms with Crippen LogP contribution in [0.15, 0.2) is 42.7 Å². The fourth-order valence-electron chi connectivity index (χ4n) is 2.11. The van der Waals surface area contributed by atoms with Crippen LogP contribution in [0.5, 0.6) is 0 Å². The van der Waals surface area contributed by atoms with Crippen LogP contribution in [0.4, 0.5) is 0 Å². The molecule has 0 aliphatic heterocycles. The van der Waals surface area contributed by atoms with Crippen molar-refractivity contribution in [1.29, 1.82) is 0 Å². The normalized spacial score (nSPS) is 12.1.